The molecule has 14 heteroatoms. The number of alkyl carbamates (subject to hydrolysis) is 2. The monoisotopic (exact) mass is 599 g/mol. The number of carbonyl (C=O) groups excluding carboxylic acids is 3. The Bertz CT molecular complexity index is 1370. The number of non-ortho nitro benzene ring substituents is 1. The smallest absolute Gasteiger partial charge is 0.408 e. The molecule has 0 fully saturated rings. The number of amides is 2. The number of nitro groups is 1. The Labute approximate surface area is 241 Å². The van der Waals surface area contributed by atoms with Gasteiger partial charge in [-0.2, -0.15) is 0 Å². The molecule has 4 atom stereocenters. The number of rotatable bonds is 13. The molecule has 0 spiro atoms. The number of ether oxygens (including phenoxy) is 3. The second-order valence-corrected chi connectivity index (χ2v) is 10.4. The molecule has 0 heterocycles. The third-order valence-corrected chi connectivity index (χ3v) is 7.41. The van der Waals surface area contributed by atoms with E-state index in [9.17, 15) is 34.0 Å². The molecule has 4 unspecified atom stereocenters. The van der Waals surface area contributed by atoms with Gasteiger partial charge in [-0.25, -0.2) is 14.4 Å². The summed E-state index contributed by atoms with van der Waals surface area (Å²) in [6, 6.07) is 19.9. The molecule has 2 amide bonds. The molecular weight excluding hydrogens is 569 g/mol. The number of hydrogen-bond donors (Lipinski definition) is 3. The Morgan fingerprint density at radius 3 is 1.71 bits per heavy atom. The highest BCUT2D eigenvalue weighted by Gasteiger charge is 2.40. The fourth-order valence-corrected chi connectivity index (χ4v) is 4.85. The summed E-state index contributed by atoms with van der Waals surface area (Å²) in [6.07, 6.45) is -1.98. The Kier molecular flexibility index (Phi) is 12.0. The molecule has 13 nitrogen and oxygen atoms in total. The Morgan fingerprint density at radius 2 is 1.24 bits per heavy atom. The van der Waals surface area contributed by atoms with Gasteiger partial charge < -0.3 is 29.7 Å². The van der Waals surface area contributed by atoms with Gasteiger partial charge >= 0.3 is 18.2 Å². The highest BCUT2D eigenvalue weighted by molar-refractivity contribution is 7.39. The largest absolute Gasteiger partial charge is 0.459 e. The molecule has 0 aliphatic rings. The summed E-state index contributed by atoms with van der Waals surface area (Å²) in [4.78, 5) is 58.8. The average molecular weight is 600 g/mol. The number of hydrogen-bond acceptors (Lipinski definition) is 9. The number of nitrogens with zero attached hydrogens (tertiary/aromatic N) is 1. The highest BCUT2D eigenvalue weighted by Crippen LogP contribution is 2.30. The minimum absolute atomic E-state index is 0.0663. The quantitative estimate of drug-likeness (QED) is 0.0850. The summed E-state index contributed by atoms with van der Waals surface area (Å²) in [5, 5.41) is 15.6. The lowest BCUT2D eigenvalue weighted by Crippen LogP contribution is -2.55. The normalized spacial score (nSPS) is 13.5. The van der Waals surface area contributed by atoms with E-state index in [0.29, 0.717) is 16.7 Å². The van der Waals surface area contributed by atoms with Gasteiger partial charge in [0.05, 0.1) is 10.6 Å². The predicted octanol–water partition coefficient (Wildman–Crippen LogP) is 4.08. The Hall–Kier alpha value is -4.74. The maximum Gasteiger partial charge on any atom is 0.408 e. The zero-order valence-electron chi connectivity index (χ0n) is 22.5. The van der Waals surface area contributed by atoms with Crippen LogP contribution in [0.4, 0.5) is 15.3 Å². The van der Waals surface area contributed by atoms with Gasteiger partial charge in [-0.05, 0) is 35.7 Å². The summed E-state index contributed by atoms with van der Waals surface area (Å²) >= 11 is 0. The summed E-state index contributed by atoms with van der Waals surface area (Å²) in [5.74, 6) is -1.09. The molecule has 3 N–H and O–H groups in total. The van der Waals surface area contributed by atoms with E-state index >= 15 is 0 Å². The van der Waals surface area contributed by atoms with Crippen LogP contribution in [-0.2, 0) is 43.4 Å². The SMILES string of the molecule is CC(NC(=O)OCc1ccccc1)C(C(NC(=O)OCc1ccccc1)C(=O)OCc1ccc([N+](=O)[O-])cc1)[PH](=O)O. The molecule has 3 rings (SSSR count). The lowest BCUT2D eigenvalue weighted by atomic mass is 10.1. The highest BCUT2D eigenvalue weighted by atomic mass is 31.1. The topological polar surface area (TPSA) is 183 Å². The molecular formula is C28H30N3O10P. The fraction of sp³-hybridized carbons (Fsp3) is 0.250. The van der Waals surface area contributed by atoms with E-state index in [2.05, 4.69) is 10.6 Å². The van der Waals surface area contributed by atoms with Gasteiger partial charge in [0, 0.05) is 18.2 Å². The number of benzene rings is 3. The minimum Gasteiger partial charge on any atom is -0.459 e. The van der Waals surface area contributed by atoms with Crippen LogP contribution in [0.1, 0.15) is 23.6 Å². The van der Waals surface area contributed by atoms with Gasteiger partial charge in [-0.3, -0.25) is 14.7 Å². The number of carbonyl (C=O) groups is 3. The molecule has 0 aliphatic carbocycles. The van der Waals surface area contributed by atoms with Crippen molar-refractivity contribution < 1.29 is 43.0 Å². The number of nitrogens with one attached hydrogen (secondary N) is 2. The van der Waals surface area contributed by atoms with Gasteiger partial charge in [-0.15, -0.1) is 0 Å². The summed E-state index contributed by atoms with van der Waals surface area (Å²) < 4.78 is 28.2. The lowest BCUT2D eigenvalue weighted by Gasteiger charge is -2.29. The van der Waals surface area contributed by atoms with Crippen molar-refractivity contribution in [2.75, 3.05) is 0 Å². The maximum atomic E-state index is 13.2. The van der Waals surface area contributed by atoms with Crippen LogP contribution in [0.25, 0.3) is 0 Å². The standard InChI is InChI=1S/C28H30N3O10P/c1-19(29-27(33)40-17-20-8-4-2-5-9-20)25(42(37)38)24(30-28(34)41-18-21-10-6-3-7-11-21)26(32)39-16-22-12-14-23(15-13-22)31(35)36/h2-15,19,24-25,42H,16-18H2,1H3,(H,29,33)(H,30,34)(H,37,38). The van der Waals surface area contributed by atoms with Crippen molar-refractivity contribution in [3.63, 3.8) is 0 Å². The van der Waals surface area contributed by atoms with Crippen LogP contribution in [0.15, 0.2) is 84.9 Å². The van der Waals surface area contributed by atoms with Crippen molar-refractivity contribution in [2.45, 2.75) is 44.5 Å². The molecule has 3 aromatic rings. The van der Waals surface area contributed by atoms with E-state index in [0.717, 1.165) is 0 Å². The maximum absolute atomic E-state index is 13.2. The van der Waals surface area contributed by atoms with Crippen molar-refractivity contribution in [2.24, 2.45) is 0 Å². The van der Waals surface area contributed by atoms with Crippen molar-refractivity contribution in [1.29, 1.82) is 0 Å². The predicted molar refractivity (Wildman–Crippen MR) is 151 cm³/mol. The van der Waals surface area contributed by atoms with Crippen LogP contribution >= 0.6 is 8.03 Å². The number of nitro benzene ring substituents is 1. The molecule has 0 saturated heterocycles. The fourth-order valence-electron chi connectivity index (χ4n) is 3.83. The average Bonchev–Trinajstić information content (AvgIpc) is 2.98. The molecule has 0 saturated carbocycles. The van der Waals surface area contributed by atoms with Gasteiger partial charge in [-0.1, -0.05) is 60.7 Å². The van der Waals surface area contributed by atoms with Crippen molar-refractivity contribution in [3.8, 4) is 0 Å². The second kappa shape index (κ2) is 15.9. The van der Waals surface area contributed by atoms with Gasteiger partial charge in [0.2, 0.25) is 0 Å². The third kappa shape index (κ3) is 10.0. The van der Waals surface area contributed by atoms with E-state index in [1.54, 1.807) is 60.7 Å². The summed E-state index contributed by atoms with van der Waals surface area (Å²) in [5.41, 5.74) is 0.0800. The van der Waals surface area contributed by atoms with Crippen molar-refractivity contribution in [1.82, 2.24) is 10.6 Å². The number of esters is 1. The minimum atomic E-state index is -3.60. The van der Waals surface area contributed by atoms with E-state index in [1.807, 2.05) is 0 Å². The van der Waals surface area contributed by atoms with Crippen LogP contribution in [0, 0.1) is 10.1 Å². The van der Waals surface area contributed by atoms with Crippen LogP contribution in [0.3, 0.4) is 0 Å². The van der Waals surface area contributed by atoms with Crippen LogP contribution < -0.4 is 10.6 Å². The Balaban J connectivity index is 1.72. The first-order valence-corrected chi connectivity index (χ1v) is 14.1. The first-order valence-electron chi connectivity index (χ1n) is 12.7. The molecule has 0 radical (unpaired) electrons. The summed E-state index contributed by atoms with van der Waals surface area (Å²) in [6.45, 7) is 0.813. The third-order valence-electron chi connectivity index (χ3n) is 6.01. The van der Waals surface area contributed by atoms with E-state index < -0.39 is 48.8 Å². The van der Waals surface area contributed by atoms with Crippen LogP contribution in [0.5, 0.6) is 0 Å². The molecule has 0 aliphatic heterocycles. The molecule has 3 aromatic carbocycles. The van der Waals surface area contributed by atoms with E-state index in [-0.39, 0.29) is 25.5 Å². The van der Waals surface area contributed by atoms with Crippen molar-refractivity contribution >= 4 is 31.9 Å². The molecule has 42 heavy (non-hydrogen) atoms. The Morgan fingerprint density at radius 1 is 0.786 bits per heavy atom. The van der Waals surface area contributed by atoms with Crippen LogP contribution in [0.2, 0.25) is 0 Å². The first kappa shape index (κ1) is 31.8. The molecule has 0 aromatic heterocycles. The van der Waals surface area contributed by atoms with Crippen molar-refractivity contribution in [3.05, 3.63) is 112 Å². The second-order valence-electron chi connectivity index (χ2n) is 9.07. The van der Waals surface area contributed by atoms with E-state index in [4.69, 9.17) is 14.2 Å². The van der Waals surface area contributed by atoms with E-state index in [1.165, 1.54) is 31.2 Å². The lowest BCUT2D eigenvalue weighted by molar-refractivity contribution is -0.384. The van der Waals surface area contributed by atoms with Gasteiger partial charge in [0.1, 0.15) is 25.9 Å². The van der Waals surface area contributed by atoms with Crippen LogP contribution in [-0.4, -0.2) is 45.7 Å². The van der Waals surface area contributed by atoms with Gasteiger partial charge in [0.15, 0.2) is 8.03 Å². The zero-order valence-corrected chi connectivity index (χ0v) is 23.5. The molecule has 0 bridgehead atoms. The molecule has 222 valence electrons. The summed E-state index contributed by atoms with van der Waals surface area (Å²) in [7, 11) is -3.60. The zero-order chi connectivity index (χ0) is 30.5. The first-order chi connectivity index (χ1) is 20.1. The van der Waals surface area contributed by atoms with Gasteiger partial charge in [0.25, 0.3) is 5.69 Å².